The zero-order chi connectivity index (χ0) is 21.1. The van der Waals surface area contributed by atoms with Gasteiger partial charge in [-0.2, -0.15) is 0 Å². The minimum atomic E-state index is -0.0637. The number of methoxy groups -OCH3 is 2. The lowest BCUT2D eigenvalue weighted by atomic mass is 9.94. The molecule has 1 saturated heterocycles. The number of amides is 2. The van der Waals surface area contributed by atoms with E-state index in [1.165, 1.54) is 0 Å². The van der Waals surface area contributed by atoms with Crippen LogP contribution in [-0.2, 0) is 29.1 Å². The standard InChI is InChI=1S/C22H27N3O5/c1-28-14-20-23-18-13-25(11-8-19(18)30-20)21(26)15-6-9-24(10-7-15)22(27)16-4-3-5-17(12-16)29-2/h3-5,12,15H,6-11,13-14H2,1-2H3. The van der Waals surface area contributed by atoms with Crippen LogP contribution in [0.15, 0.2) is 28.7 Å². The predicted molar refractivity (Wildman–Crippen MR) is 108 cm³/mol. The van der Waals surface area contributed by atoms with Gasteiger partial charge in [-0.15, -0.1) is 0 Å². The first-order chi connectivity index (χ1) is 14.6. The normalized spacial score (nSPS) is 17.0. The summed E-state index contributed by atoms with van der Waals surface area (Å²) in [6.45, 7) is 2.60. The molecule has 1 fully saturated rings. The van der Waals surface area contributed by atoms with Crippen molar-refractivity contribution in [3.05, 3.63) is 47.2 Å². The van der Waals surface area contributed by atoms with E-state index < -0.39 is 0 Å². The number of carbonyl (C=O) groups excluding carboxylic acids is 2. The van der Waals surface area contributed by atoms with E-state index in [-0.39, 0.29) is 17.7 Å². The number of rotatable bonds is 5. The summed E-state index contributed by atoms with van der Waals surface area (Å²) in [7, 11) is 3.19. The minimum absolute atomic E-state index is 0.0179. The third kappa shape index (κ3) is 4.18. The zero-order valence-electron chi connectivity index (χ0n) is 17.4. The van der Waals surface area contributed by atoms with Crippen LogP contribution in [0.4, 0.5) is 0 Å². The van der Waals surface area contributed by atoms with Gasteiger partial charge in [0, 0.05) is 44.6 Å². The molecule has 2 aliphatic rings. The van der Waals surface area contributed by atoms with Crippen molar-refractivity contribution in [2.75, 3.05) is 33.9 Å². The molecular weight excluding hydrogens is 386 g/mol. The van der Waals surface area contributed by atoms with Gasteiger partial charge in [0.2, 0.25) is 11.8 Å². The van der Waals surface area contributed by atoms with Crippen LogP contribution >= 0.6 is 0 Å². The Balaban J connectivity index is 1.33. The molecule has 3 heterocycles. The van der Waals surface area contributed by atoms with Gasteiger partial charge in [0.1, 0.15) is 23.8 Å². The van der Waals surface area contributed by atoms with Gasteiger partial charge in [0.25, 0.3) is 5.91 Å². The molecule has 4 rings (SSSR count). The van der Waals surface area contributed by atoms with Crippen molar-refractivity contribution in [3.8, 4) is 5.75 Å². The molecule has 0 saturated carbocycles. The second-order valence-corrected chi connectivity index (χ2v) is 7.72. The Hall–Kier alpha value is -2.87. The molecule has 0 unspecified atom stereocenters. The molecule has 0 N–H and O–H groups in total. The summed E-state index contributed by atoms with van der Waals surface area (Å²) in [4.78, 5) is 34.0. The fourth-order valence-electron chi connectivity index (χ4n) is 4.15. The summed E-state index contributed by atoms with van der Waals surface area (Å²) in [5.74, 6) is 2.13. The van der Waals surface area contributed by atoms with Gasteiger partial charge in [-0.05, 0) is 31.0 Å². The van der Waals surface area contributed by atoms with Crippen LogP contribution < -0.4 is 4.74 Å². The van der Waals surface area contributed by atoms with Gasteiger partial charge in [-0.25, -0.2) is 4.98 Å². The molecule has 0 aliphatic carbocycles. The van der Waals surface area contributed by atoms with Crippen molar-refractivity contribution < 1.29 is 23.5 Å². The monoisotopic (exact) mass is 413 g/mol. The van der Waals surface area contributed by atoms with E-state index in [4.69, 9.17) is 13.9 Å². The summed E-state index contributed by atoms with van der Waals surface area (Å²) in [5, 5.41) is 0. The predicted octanol–water partition coefficient (Wildman–Crippen LogP) is 2.27. The van der Waals surface area contributed by atoms with Crippen LogP contribution in [0.5, 0.6) is 5.75 Å². The van der Waals surface area contributed by atoms with Crippen molar-refractivity contribution in [1.82, 2.24) is 14.8 Å². The van der Waals surface area contributed by atoms with Crippen molar-refractivity contribution in [2.24, 2.45) is 5.92 Å². The highest BCUT2D eigenvalue weighted by atomic mass is 16.5. The first-order valence-corrected chi connectivity index (χ1v) is 10.3. The second kappa shape index (κ2) is 8.87. The number of benzene rings is 1. The maximum Gasteiger partial charge on any atom is 0.253 e. The van der Waals surface area contributed by atoms with E-state index in [2.05, 4.69) is 4.98 Å². The number of ether oxygens (including phenoxy) is 2. The summed E-state index contributed by atoms with van der Waals surface area (Å²) in [5.41, 5.74) is 1.44. The largest absolute Gasteiger partial charge is 0.497 e. The molecular formula is C22H27N3O5. The molecule has 0 bridgehead atoms. The van der Waals surface area contributed by atoms with Crippen molar-refractivity contribution in [2.45, 2.75) is 32.4 Å². The second-order valence-electron chi connectivity index (χ2n) is 7.72. The molecule has 2 aromatic rings. The fraction of sp³-hybridized carbons (Fsp3) is 0.500. The lowest BCUT2D eigenvalue weighted by Gasteiger charge is -2.35. The number of hydrogen-bond donors (Lipinski definition) is 0. The SMILES string of the molecule is COCc1nc2c(o1)CCN(C(=O)C1CCN(C(=O)c3cccc(OC)c3)CC1)C2. The van der Waals surface area contributed by atoms with Crippen LogP contribution in [0, 0.1) is 5.92 Å². The van der Waals surface area contributed by atoms with E-state index in [1.54, 1.807) is 26.4 Å². The Kier molecular flexibility index (Phi) is 6.03. The Bertz CT molecular complexity index is 917. The van der Waals surface area contributed by atoms with Crippen LogP contribution in [-0.4, -0.2) is 60.5 Å². The Morgan fingerprint density at radius 3 is 2.70 bits per heavy atom. The first kappa shape index (κ1) is 20.4. The molecule has 0 spiro atoms. The van der Waals surface area contributed by atoms with Crippen LogP contribution in [0.2, 0.25) is 0 Å². The number of nitrogens with zero attached hydrogens (tertiary/aromatic N) is 3. The summed E-state index contributed by atoms with van der Waals surface area (Å²) < 4.78 is 16.0. The van der Waals surface area contributed by atoms with E-state index >= 15 is 0 Å². The number of aromatic nitrogens is 1. The lowest BCUT2D eigenvalue weighted by Crippen LogP contribution is -2.45. The molecule has 160 valence electrons. The van der Waals surface area contributed by atoms with Crippen LogP contribution in [0.25, 0.3) is 0 Å². The van der Waals surface area contributed by atoms with Crippen molar-refractivity contribution in [3.63, 3.8) is 0 Å². The maximum atomic E-state index is 13.0. The smallest absolute Gasteiger partial charge is 0.253 e. The fourth-order valence-corrected chi connectivity index (χ4v) is 4.15. The first-order valence-electron chi connectivity index (χ1n) is 10.3. The molecule has 1 aromatic carbocycles. The van der Waals surface area contributed by atoms with Crippen molar-refractivity contribution in [1.29, 1.82) is 0 Å². The highest BCUT2D eigenvalue weighted by Gasteiger charge is 2.33. The molecule has 2 aliphatic heterocycles. The van der Waals surface area contributed by atoms with Gasteiger partial charge in [0.05, 0.1) is 13.7 Å². The van der Waals surface area contributed by atoms with E-state index in [0.717, 1.165) is 11.5 Å². The van der Waals surface area contributed by atoms with E-state index in [1.807, 2.05) is 21.9 Å². The lowest BCUT2D eigenvalue weighted by molar-refractivity contribution is -0.138. The summed E-state index contributed by atoms with van der Waals surface area (Å²) in [6.07, 6.45) is 2.02. The number of likely N-dealkylation sites (tertiary alicyclic amines) is 1. The Morgan fingerprint density at radius 2 is 1.97 bits per heavy atom. The third-order valence-corrected chi connectivity index (χ3v) is 5.80. The van der Waals surface area contributed by atoms with Gasteiger partial charge < -0.3 is 23.7 Å². The number of oxazole rings is 1. The van der Waals surface area contributed by atoms with Gasteiger partial charge in [-0.3, -0.25) is 9.59 Å². The molecule has 2 amide bonds. The Labute approximate surface area is 175 Å². The number of carbonyl (C=O) groups is 2. The number of piperidine rings is 1. The Morgan fingerprint density at radius 1 is 1.17 bits per heavy atom. The maximum absolute atomic E-state index is 13.0. The van der Waals surface area contributed by atoms with Crippen LogP contribution in [0.1, 0.15) is 40.5 Å². The molecule has 8 nitrogen and oxygen atoms in total. The van der Waals surface area contributed by atoms with Gasteiger partial charge in [0.15, 0.2) is 0 Å². The number of hydrogen-bond acceptors (Lipinski definition) is 6. The minimum Gasteiger partial charge on any atom is -0.497 e. The third-order valence-electron chi connectivity index (χ3n) is 5.80. The highest BCUT2D eigenvalue weighted by Crippen LogP contribution is 2.26. The molecule has 0 radical (unpaired) electrons. The average Bonchev–Trinajstić information content (AvgIpc) is 3.20. The van der Waals surface area contributed by atoms with Gasteiger partial charge >= 0.3 is 0 Å². The van der Waals surface area contributed by atoms with E-state index in [0.29, 0.717) is 69.3 Å². The van der Waals surface area contributed by atoms with Crippen molar-refractivity contribution >= 4 is 11.8 Å². The average molecular weight is 413 g/mol. The summed E-state index contributed by atoms with van der Waals surface area (Å²) in [6, 6.07) is 7.18. The molecule has 1 aromatic heterocycles. The topological polar surface area (TPSA) is 85.1 Å². The van der Waals surface area contributed by atoms with Crippen LogP contribution in [0.3, 0.4) is 0 Å². The van der Waals surface area contributed by atoms with Gasteiger partial charge in [-0.1, -0.05) is 6.07 Å². The molecule has 8 heteroatoms. The summed E-state index contributed by atoms with van der Waals surface area (Å²) >= 11 is 0. The highest BCUT2D eigenvalue weighted by molar-refractivity contribution is 5.94. The quantitative estimate of drug-likeness (QED) is 0.748. The zero-order valence-corrected chi connectivity index (χ0v) is 17.4. The molecule has 0 atom stereocenters. The number of fused-ring (bicyclic) bond motifs is 1. The molecule has 30 heavy (non-hydrogen) atoms. The van der Waals surface area contributed by atoms with E-state index in [9.17, 15) is 9.59 Å².